The second kappa shape index (κ2) is 10.0. The number of anilines is 3. The van der Waals surface area contributed by atoms with E-state index in [1.807, 2.05) is 12.1 Å². The summed E-state index contributed by atoms with van der Waals surface area (Å²) >= 11 is 0. The van der Waals surface area contributed by atoms with Crippen LogP contribution in [0.3, 0.4) is 0 Å². The molecule has 0 amide bonds. The molecule has 0 bridgehead atoms. The Bertz CT molecular complexity index is 1060. The number of imidazole rings is 1. The summed E-state index contributed by atoms with van der Waals surface area (Å²) in [4.78, 5) is 31.0. The Morgan fingerprint density at radius 3 is 2.75 bits per heavy atom. The molecule has 32 heavy (non-hydrogen) atoms. The lowest BCUT2D eigenvalue weighted by atomic mass is 10.1. The van der Waals surface area contributed by atoms with Crippen molar-refractivity contribution in [3.63, 3.8) is 0 Å². The highest BCUT2D eigenvalue weighted by molar-refractivity contribution is 5.79. The van der Waals surface area contributed by atoms with Crippen molar-refractivity contribution in [1.29, 1.82) is 0 Å². The molecule has 4 heterocycles. The minimum absolute atomic E-state index is 0.0472. The standard InChI is InChI=1S/C22H29N7O3/c1-15(2)29-18-12-20(24-13-17(18)25-21(29)14-32-11-10-30)26-19-4-7-23-22(27-19)28-8-5-16(31-3)6-9-28/h4,7,10,12-13,15-16H,5-6,8-9,11,14H2,1-3H3,(H,23,24,26,27). The Morgan fingerprint density at radius 1 is 1.22 bits per heavy atom. The number of ether oxygens (including phenoxy) is 2. The Balaban J connectivity index is 1.54. The monoisotopic (exact) mass is 439 g/mol. The van der Waals surface area contributed by atoms with Gasteiger partial charge in [-0.15, -0.1) is 0 Å². The molecule has 10 heteroatoms. The Morgan fingerprint density at radius 2 is 2.03 bits per heavy atom. The maximum absolute atomic E-state index is 10.6. The van der Waals surface area contributed by atoms with Gasteiger partial charge >= 0.3 is 0 Å². The van der Waals surface area contributed by atoms with E-state index < -0.39 is 0 Å². The van der Waals surface area contributed by atoms with E-state index in [1.165, 1.54) is 0 Å². The predicted molar refractivity (Wildman–Crippen MR) is 121 cm³/mol. The number of nitrogens with zero attached hydrogens (tertiary/aromatic N) is 6. The summed E-state index contributed by atoms with van der Waals surface area (Å²) in [7, 11) is 1.76. The third-order valence-electron chi connectivity index (χ3n) is 5.54. The summed E-state index contributed by atoms with van der Waals surface area (Å²) in [6.45, 7) is 6.22. The largest absolute Gasteiger partial charge is 0.381 e. The molecule has 0 aliphatic carbocycles. The number of carbonyl (C=O) groups excluding carboxylic acids is 1. The Kier molecular flexibility index (Phi) is 6.91. The Hall–Kier alpha value is -3.11. The average Bonchev–Trinajstić information content (AvgIpc) is 3.17. The van der Waals surface area contributed by atoms with Gasteiger partial charge in [0.05, 0.1) is 17.8 Å². The minimum Gasteiger partial charge on any atom is -0.381 e. The lowest BCUT2D eigenvalue weighted by Gasteiger charge is -2.31. The van der Waals surface area contributed by atoms with E-state index in [2.05, 4.69) is 48.6 Å². The molecule has 0 radical (unpaired) electrons. The van der Waals surface area contributed by atoms with Crippen LogP contribution in [0.5, 0.6) is 0 Å². The first-order valence-electron chi connectivity index (χ1n) is 10.8. The summed E-state index contributed by atoms with van der Waals surface area (Å²) in [6.07, 6.45) is 6.47. The van der Waals surface area contributed by atoms with E-state index in [-0.39, 0.29) is 19.3 Å². The van der Waals surface area contributed by atoms with Crippen LogP contribution in [0, 0.1) is 0 Å². The van der Waals surface area contributed by atoms with Crippen LogP contribution in [-0.4, -0.2) is 63.7 Å². The fourth-order valence-electron chi connectivity index (χ4n) is 3.99. The third-order valence-corrected chi connectivity index (χ3v) is 5.54. The number of nitrogens with one attached hydrogen (secondary N) is 1. The number of methoxy groups -OCH3 is 1. The zero-order chi connectivity index (χ0) is 22.5. The van der Waals surface area contributed by atoms with E-state index in [0.717, 1.165) is 49.1 Å². The molecule has 0 saturated carbocycles. The van der Waals surface area contributed by atoms with Crippen LogP contribution in [0.4, 0.5) is 17.6 Å². The van der Waals surface area contributed by atoms with Crippen molar-refractivity contribution in [2.24, 2.45) is 0 Å². The first kappa shape index (κ1) is 22.1. The highest BCUT2D eigenvalue weighted by atomic mass is 16.5. The summed E-state index contributed by atoms with van der Waals surface area (Å²) in [5, 5.41) is 3.29. The van der Waals surface area contributed by atoms with Gasteiger partial charge in [0.25, 0.3) is 0 Å². The van der Waals surface area contributed by atoms with Crippen molar-refractivity contribution in [1.82, 2.24) is 24.5 Å². The predicted octanol–water partition coefficient (Wildman–Crippen LogP) is 2.88. The number of hydrogen-bond acceptors (Lipinski definition) is 9. The molecule has 1 aliphatic heterocycles. The van der Waals surface area contributed by atoms with Crippen molar-refractivity contribution >= 4 is 34.9 Å². The molecule has 1 aliphatic rings. The smallest absolute Gasteiger partial charge is 0.227 e. The molecular weight excluding hydrogens is 410 g/mol. The molecule has 10 nitrogen and oxygen atoms in total. The quantitative estimate of drug-likeness (QED) is 0.398. The highest BCUT2D eigenvalue weighted by Gasteiger charge is 2.21. The van der Waals surface area contributed by atoms with E-state index in [0.29, 0.717) is 23.7 Å². The normalized spacial score (nSPS) is 14.9. The van der Waals surface area contributed by atoms with Gasteiger partial charge in [0.1, 0.15) is 42.5 Å². The maximum atomic E-state index is 10.6. The number of pyridine rings is 1. The number of hydrogen-bond donors (Lipinski definition) is 1. The number of rotatable bonds is 9. The summed E-state index contributed by atoms with van der Waals surface area (Å²) in [5.41, 5.74) is 1.72. The molecule has 170 valence electrons. The van der Waals surface area contributed by atoms with E-state index in [1.54, 1.807) is 19.5 Å². The highest BCUT2D eigenvalue weighted by Crippen LogP contribution is 2.25. The molecule has 0 aromatic carbocycles. The van der Waals surface area contributed by atoms with E-state index in [9.17, 15) is 4.79 Å². The second-order valence-corrected chi connectivity index (χ2v) is 8.02. The van der Waals surface area contributed by atoms with Gasteiger partial charge in [-0.05, 0) is 32.8 Å². The SMILES string of the molecule is COC1CCN(c2nccc(Nc3cc4c(cn3)nc(COCC=O)n4C(C)C)n2)CC1. The molecule has 0 spiro atoms. The van der Waals surface area contributed by atoms with E-state index >= 15 is 0 Å². The zero-order valence-electron chi connectivity index (χ0n) is 18.7. The number of piperidine rings is 1. The summed E-state index contributed by atoms with van der Waals surface area (Å²) in [5.74, 6) is 2.82. The lowest BCUT2D eigenvalue weighted by Crippen LogP contribution is -2.37. The van der Waals surface area contributed by atoms with Gasteiger partial charge in [-0.3, -0.25) is 0 Å². The molecule has 1 fully saturated rings. The van der Waals surface area contributed by atoms with Gasteiger partial charge in [-0.1, -0.05) is 0 Å². The van der Waals surface area contributed by atoms with Crippen molar-refractivity contribution in [3.05, 3.63) is 30.4 Å². The second-order valence-electron chi connectivity index (χ2n) is 8.02. The molecule has 0 atom stereocenters. The molecule has 0 unspecified atom stereocenters. The molecule has 3 aromatic heterocycles. The first-order chi connectivity index (χ1) is 15.6. The molecule has 4 rings (SSSR count). The molecular formula is C22H29N7O3. The van der Waals surface area contributed by atoms with Crippen molar-refractivity contribution < 1.29 is 14.3 Å². The van der Waals surface area contributed by atoms with Gasteiger partial charge in [0, 0.05) is 38.5 Å². The number of fused-ring (bicyclic) bond motifs is 1. The Labute approximate surface area is 187 Å². The first-order valence-corrected chi connectivity index (χ1v) is 10.8. The zero-order valence-corrected chi connectivity index (χ0v) is 18.7. The van der Waals surface area contributed by atoms with Crippen LogP contribution < -0.4 is 10.2 Å². The number of aldehydes is 1. The summed E-state index contributed by atoms with van der Waals surface area (Å²) < 4.78 is 12.9. The van der Waals surface area contributed by atoms with Crippen molar-refractivity contribution in [3.8, 4) is 0 Å². The van der Waals surface area contributed by atoms with Gasteiger partial charge in [-0.25, -0.2) is 15.0 Å². The number of aromatic nitrogens is 5. The average molecular weight is 440 g/mol. The number of carbonyl (C=O) groups is 1. The van der Waals surface area contributed by atoms with E-state index in [4.69, 9.17) is 9.47 Å². The molecule has 1 N–H and O–H groups in total. The maximum Gasteiger partial charge on any atom is 0.227 e. The van der Waals surface area contributed by atoms with Crippen LogP contribution in [0.2, 0.25) is 0 Å². The molecule has 1 saturated heterocycles. The van der Waals surface area contributed by atoms with Crippen LogP contribution in [-0.2, 0) is 20.9 Å². The fraction of sp³-hybridized carbons (Fsp3) is 0.500. The van der Waals surface area contributed by atoms with Crippen molar-refractivity contribution in [2.45, 2.75) is 45.4 Å². The van der Waals surface area contributed by atoms with Gasteiger partial charge in [0.15, 0.2) is 0 Å². The lowest BCUT2D eigenvalue weighted by molar-refractivity contribution is -0.112. The van der Waals surface area contributed by atoms with Crippen LogP contribution in [0.1, 0.15) is 38.6 Å². The van der Waals surface area contributed by atoms with Crippen molar-refractivity contribution in [2.75, 3.05) is 37.0 Å². The third kappa shape index (κ3) is 4.86. The van der Waals surface area contributed by atoms with Gasteiger partial charge < -0.3 is 29.1 Å². The van der Waals surface area contributed by atoms with Crippen LogP contribution in [0.25, 0.3) is 11.0 Å². The molecule has 3 aromatic rings. The topological polar surface area (TPSA) is 107 Å². The summed E-state index contributed by atoms with van der Waals surface area (Å²) in [6, 6.07) is 3.96. The minimum atomic E-state index is 0.0472. The fourth-order valence-corrected chi connectivity index (χ4v) is 3.99. The van der Waals surface area contributed by atoms with Crippen LogP contribution >= 0.6 is 0 Å². The van der Waals surface area contributed by atoms with Gasteiger partial charge in [-0.2, -0.15) is 4.98 Å². The van der Waals surface area contributed by atoms with Gasteiger partial charge in [0.2, 0.25) is 5.95 Å². The van der Waals surface area contributed by atoms with Crippen LogP contribution in [0.15, 0.2) is 24.5 Å².